The number of esters is 1. The molecule has 1 aliphatic carbocycles. The summed E-state index contributed by atoms with van der Waals surface area (Å²) in [6.07, 6.45) is 3.02. The van der Waals surface area contributed by atoms with Crippen molar-refractivity contribution in [2.45, 2.75) is 45.3 Å². The molecule has 0 aliphatic heterocycles. The Hall–Kier alpha value is -1.10. The van der Waals surface area contributed by atoms with Crippen molar-refractivity contribution in [1.29, 1.82) is 0 Å². The summed E-state index contributed by atoms with van der Waals surface area (Å²) in [6, 6.07) is 0. The van der Waals surface area contributed by atoms with E-state index in [2.05, 4.69) is 0 Å². The van der Waals surface area contributed by atoms with Gasteiger partial charge in [-0.05, 0) is 19.8 Å². The Morgan fingerprint density at radius 3 is 2.50 bits per heavy atom. The molecule has 1 aliphatic rings. The van der Waals surface area contributed by atoms with Crippen molar-refractivity contribution in [2.75, 3.05) is 6.61 Å². The number of carbonyl (C=O) groups excluding carboxylic acids is 1. The molecule has 5 heteroatoms. The Morgan fingerprint density at radius 1 is 1.38 bits per heavy atom. The Kier molecular flexibility index (Phi) is 5.25. The quantitative estimate of drug-likeness (QED) is 0.426. The Morgan fingerprint density at radius 2 is 2.00 bits per heavy atom. The lowest BCUT2D eigenvalue weighted by atomic mass is 10.1. The fourth-order valence-corrected chi connectivity index (χ4v) is 1.95. The summed E-state index contributed by atoms with van der Waals surface area (Å²) < 4.78 is 10.4. The topological polar surface area (TPSA) is 72.8 Å². The molecule has 0 heterocycles. The van der Waals surface area contributed by atoms with Gasteiger partial charge in [0.15, 0.2) is 0 Å². The predicted molar refractivity (Wildman–Crippen MR) is 55.7 cm³/mol. The van der Waals surface area contributed by atoms with Crippen molar-refractivity contribution in [3.8, 4) is 0 Å². The third-order valence-electron chi connectivity index (χ3n) is 2.66. The van der Waals surface area contributed by atoms with E-state index in [1.165, 1.54) is 0 Å². The fraction of sp³-hybridized carbons (Fsp3) is 0.818. The van der Waals surface area contributed by atoms with E-state index in [-0.39, 0.29) is 5.92 Å². The lowest BCUT2D eigenvalue weighted by Crippen LogP contribution is -2.29. The second-order valence-corrected chi connectivity index (χ2v) is 3.93. The predicted octanol–water partition coefficient (Wildman–Crippen LogP) is 1.56. The van der Waals surface area contributed by atoms with Gasteiger partial charge in [-0.15, -0.1) is 0 Å². The molecule has 1 rings (SSSR count). The Balaban J connectivity index is 2.43. The molecule has 1 atom stereocenters. The molecule has 92 valence electrons. The van der Waals surface area contributed by atoms with E-state index in [0.717, 1.165) is 25.7 Å². The molecule has 0 bridgehead atoms. The summed E-state index contributed by atoms with van der Waals surface area (Å²) in [4.78, 5) is 21.5. The van der Waals surface area contributed by atoms with Gasteiger partial charge in [-0.2, -0.15) is 0 Å². The van der Waals surface area contributed by atoms with Gasteiger partial charge in [-0.25, -0.2) is 0 Å². The SMILES string of the molecule is CCOC(OC(=O)CC(=O)O)C1CCCC1. The van der Waals surface area contributed by atoms with Crippen molar-refractivity contribution < 1.29 is 24.2 Å². The molecule has 16 heavy (non-hydrogen) atoms. The number of carboxylic acid groups (broad SMARTS) is 1. The zero-order chi connectivity index (χ0) is 12.0. The first-order valence-corrected chi connectivity index (χ1v) is 5.66. The largest absolute Gasteiger partial charge is 0.481 e. The average Bonchev–Trinajstić information content (AvgIpc) is 2.68. The molecule has 1 unspecified atom stereocenters. The summed E-state index contributed by atoms with van der Waals surface area (Å²) in [6.45, 7) is 2.29. The standard InChI is InChI=1S/C11H18O5/c1-2-15-11(8-5-3-4-6-8)16-10(14)7-9(12)13/h8,11H,2-7H2,1H3,(H,12,13). The van der Waals surface area contributed by atoms with E-state index < -0.39 is 24.6 Å². The molecule has 1 N–H and O–H groups in total. The minimum atomic E-state index is -1.17. The van der Waals surface area contributed by atoms with Gasteiger partial charge in [0, 0.05) is 12.5 Å². The third kappa shape index (κ3) is 4.18. The molecular weight excluding hydrogens is 212 g/mol. The Labute approximate surface area is 94.7 Å². The first-order chi connectivity index (χ1) is 7.63. The molecule has 0 aromatic carbocycles. The minimum Gasteiger partial charge on any atom is -0.481 e. The molecule has 5 nitrogen and oxygen atoms in total. The number of carboxylic acids is 1. The van der Waals surface area contributed by atoms with Gasteiger partial charge in [0.25, 0.3) is 0 Å². The number of hydrogen-bond acceptors (Lipinski definition) is 4. The monoisotopic (exact) mass is 230 g/mol. The highest BCUT2D eigenvalue weighted by molar-refractivity contribution is 5.90. The van der Waals surface area contributed by atoms with E-state index in [1.54, 1.807) is 0 Å². The van der Waals surface area contributed by atoms with E-state index in [4.69, 9.17) is 14.6 Å². The van der Waals surface area contributed by atoms with E-state index >= 15 is 0 Å². The highest BCUT2D eigenvalue weighted by Crippen LogP contribution is 2.30. The highest BCUT2D eigenvalue weighted by atomic mass is 16.7. The van der Waals surface area contributed by atoms with Crippen LogP contribution >= 0.6 is 0 Å². The van der Waals surface area contributed by atoms with Crippen LogP contribution in [-0.2, 0) is 19.1 Å². The van der Waals surface area contributed by atoms with E-state index in [1.807, 2.05) is 6.92 Å². The van der Waals surface area contributed by atoms with Gasteiger partial charge in [0.05, 0.1) is 0 Å². The zero-order valence-electron chi connectivity index (χ0n) is 9.48. The third-order valence-corrected chi connectivity index (χ3v) is 2.66. The highest BCUT2D eigenvalue weighted by Gasteiger charge is 2.29. The second kappa shape index (κ2) is 6.48. The summed E-state index contributed by atoms with van der Waals surface area (Å²) in [7, 11) is 0. The molecule has 0 aromatic heterocycles. The van der Waals surface area contributed by atoms with Crippen LogP contribution in [0, 0.1) is 5.92 Å². The van der Waals surface area contributed by atoms with Crippen LogP contribution in [0.15, 0.2) is 0 Å². The van der Waals surface area contributed by atoms with Gasteiger partial charge in [0.2, 0.25) is 6.29 Å². The normalized spacial score (nSPS) is 18.3. The number of hydrogen-bond donors (Lipinski definition) is 1. The molecule has 0 saturated heterocycles. The van der Waals surface area contributed by atoms with Crippen LogP contribution in [0.2, 0.25) is 0 Å². The lowest BCUT2D eigenvalue weighted by Gasteiger charge is -2.22. The van der Waals surface area contributed by atoms with Crippen molar-refractivity contribution in [3.63, 3.8) is 0 Å². The van der Waals surface area contributed by atoms with Crippen LogP contribution < -0.4 is 0 Å². The summed E-state index contributed by atoms with van der Waals surface area (Å²) in [5.74, 6) is -1.68. The van der Waals surface area contributed by atoms with Gasteiger partial charge in [0.1, 0.15) is 6.42 Å². The summed E-state index contributed by atoms with van der Waals surface area (Å²) in [5, 5.41) is 8.45. The van der Waals surface area contributed by atoms with Crippen LogP contribution in [0.25, 0.3) is 0 Å². The molecule has 0 amide bonds. The maximum atomic E-state index is 11.2. The maximum Gasteiger partial charge on any atom is 0.319 e. The number of carbonyl (C=O) groups is 2. The molecule has 0 spiro atoms. The second-order valence-electron chi connectivity index (χ2n) is 3.93. The minimum absolute atomic E-state index is 0.220. The van der Waals surface area contributed by atoms with E-state index in [9.17, 15) is 9.59 Å². The number of aliphatic carboxylic acids is 1. The van der Waals surface area contributed by atoms with Gasteiger partial charge in [-0.1, -0.05) is 12.8 Å². The lowest BCUT2D eigenvalue weighted by molar-refractivity contribution is -0.191. The molecule has 1 fully saturated rings. The van der Waals surface area contributed by atoms with Crippen molar-refractivity contribution in [1.82, 2.24) is 0 Å². The van der Waals surface area contributed by atoms with Crippen molar-refractivity contribution in [3.05, 3.63) is 0 Å². The van der Waals surface area contributed by atoms with E-state index in [0.29, 0.717) is 6.61 Å². The first-order valence-electron chi connectivity index (χ1n) is 5.66. The number of ether oxygens (including phenoxy) is 2. The Bertz CT molecular complexity index is 245. The van der Waals surface area contributed by atoms with Crippen LogP contribution in [0.1, 0.15) is 39.0 Å². The number of rotatable bonds is 6. The molecule has 0 aromatic rings. The van der Waals surface area contributed by atoms with Crippen LogP contribution in [0.3, 0.4) is 0 Å². The summed E-state index contributed by atoms with van der Waals surface area (Å²) >= 11 is 0. The van der Waals surface area contributed by atoms with Crippen LogP contribution in [0.4, 0.5) is 0 Å². The first kappa shape index (κ1) is 13.0. The van der Waals surface area contributed by atoms with Crippen molar-refractivity contribution in [2.24, 2.45) is 5.92 Å². The maximum absolute atomic E-state index is 11.2. The molecule has 0 radical (unpaired) electrons. The smallest absolute Gasteiger partial charge is 0.319 e. The van der Waals surface area contributed by atoms with Crippen LogP contribution in [-0.4, -0.2) is 29.9 Å². The zero-order valence-corrected chi connectivity index (χ0v) is 9.48. The average molecular weight is 230 g/mol. The van der Waals surface area contributed by atoms with Gasteiger partial charge in [-0.3, -0.25) is 9.59 Å². The molecular formula is C11H18O5. The summed E-state index contributed by atoms with van der Waals surface area (Å²) in [5.41, 5.74) is 0. The van der Waals surface area contributed by atoms with Gasteiger partial charge < -0.3 is 14.6 Å². The fourth-order valence-electron chi connectivity index (χ4n) is 1.95. The van der Waals surface area contributed by atoms with Gasteiger partial charge >= 0.3 is 11.9 Å². The molecule has 1 saturated carbocycles. The van der Waals surface area contributed by atoms with Crippen molar-refractivity contribution >= 4 is 11.9 Å². The van der Waals surface area contributed by atoms with Crippen LogP contribution in [0.5, 0.6) is 0 Å².